The molecule has 8 nitrogen and oxygen atoms in total. The fraction of sp³-hybridized carbons (Fsp3) is 0.531. The molecule has 3 aromatic rings. The van der Waals surface area contributed by atoms with Crippen molar-refractivity contribution >= 4 is 11.6 Å². The van der Waals surface area contributed by atoms with Gasteiger partial charge in [-0.25, -0.2) is 0 Å². The first-order chi connectivity index (χ1) is 19.4. The molecule has 1 amide bonds. The molecule has 0 bridgehead atoms. The number of anilines is 1. The van der Waals surface area contributed by atoms with E-state index in [1.54, 1.807) is 6.33 Å². The Hall–Kier alpha value is -3.57. The highest BCUT2D eigenvalue weighted by atomic mass is 16.2. The van der Waals surface area contributed by atoms with Gasteiger partial charge in [0.15, 0.2) is 0 Å². The highest BCUT2D eigenvalue weighted by Gasteiger charge is 2.47. The summed E-state index contributed by atoms with van der Waals surface area (Å²) in [5.74, 6) is 2.24. The predicted molar refractivity (Wildman–Crippen MR) is 152 cm³/mol. The van der Waals surface area contributed by atoms with Gasteiger partial charge in [0.25, 0.3) is 5.91 Å². The first kappa shape index (κ1) is 25.4. The maximum Gasteiger partial charge on any atom is 0.259 e. The van der Waals surface area contributed by atoms with Gasteiger partial charge in [0.1, 0.15) is 12.2 Å². The minimum atomic E-state index is -0.174. The van der Waals surface area contributed by atoms with Gasteiger partial charge in [-0.2, -0.15) is 5.26 Å². The van der Waals surface area contributed by atoms with E-state index >= 15 is 0 Å². The number of pyridine rings is 1. The summed E-state index contributed by atoms with van der Waals surface area (Å²) in [6.45, 7) is 5.94. The average Bonchev–Trinajstić information content (AvgIpc) is 3.62. The van der Waals surface area contributed by atoms with Crippen LogP contribution in [0.3, 0.4) is 0 Å². The van der Waals surface area contributed by atoms with E-state index < -0.39 is 0 Å². The molecule has 3 fully saturated rings. The minimum absolute atomic E-state index is 0.0445. The van der Waals surface area contributed by atoms with E-state index in [4.69, 9.17) is 4.98 Å². The van der Waals surface area contributed by atoms with Gasteiger partial charge >= 0.3 is 0 Å². The summed E-state index contributed by atoms with van der Waals surface area (Å²) in [4.78, 5) is 23.6. The van der Waals surface area contributed by atoms with Gasteiger partial charge in [0.2, 0.25) is 0 Å². The number of hydrogen-bond acceptors (Lipinski definition) is 6. The molecule has 8 heteroatoms. The van der Waals surface area contributed by atoms with Crippen LogP contribution in [-0.4, -0.2) is 43.6 Å². The Morgan fingerprint density at radius 1 is 1.18 bits per heavy atom. The van der Waals surface area contributed by atoms with Crippen molar-refractivity contribution in [1.82, 2.24) is 24.6 Å². The van der Waals surface area contributed by atoms with Gasteiger partial charge in [-0.3, -0.25) is 14.7 Å². The zero-order valence-electron chi connectivity index (χ0n) is 23.5. The second kappa shape index (κ2) is 9.81. The van der Waals surface area contributed by atoms with Crippen molar-refractivity contribution in [2.45, 2.75) is 76.3 Å². The average molecular weight is 536 g/mol. The lowest BCUT2D eigenvalue weighted by molar-refractivity contribution is 0.0996. The number of rotatable bonds is 7. The molecule has 40 heavy (non-hydrogen) atoms. The van der Waals surface area contributed by atoms with E-state index in [1.165, 1.54) is 18.4 Å². The molecule has 2 aliphatic heterocycles. The number of carbonyl (C=O) groups excluding carboxylic acids is 1. The number of carbonyl (C=O) groups is 1. The van der Waals surface area contributed by atoms with Crippen LogP contribution in [0.25, 0.3) is 0 Å². The second-order valence-corrected chi connectivity index (χ2v) is 12.8. The third-order valence-corrected chi connectivity index (χ3v) is 9.62. The molecule has 0 radical (unpaired) electrons. The second-order valence-electron chi connectivity index (χ2n) is 12.8. The standard InChI is InChI=1S/C32H37N7O/c1-21-5-4-10-38(17-21)18-25-12-27-28(30(35-25)23-8-9-23)19-39(31(27)40)26-7-3-6-24(11-26)32(13-22(14-32)16-33)15-29-36-34-20-37(29)2/h3,6-7,11-12,20-23H,4-5,8-10,13-15,17-19H2,1-2H3/t21-,22?,32?/m1/s1. The van der Waals surface area contributed by atoms with Gasteiger partial charge in [0.05, 0.1) is 18.3 Å². The van der Waals surface area contributed by atoms with Gasteiger partial charge in [-0.15, -0.1) is 10.2 Å². The van der Waals surface area contributed by atoms with Crippen LogP contribution in [0.15, 0.2) is 36.7 Å². The normalized spacial score (nSPS) is 26.4. The first-order valence-corrected chi connectivity index (χ1v) is 14.8. The molecule has 1 aromatic carbocycles. The minimum Gasteiger partial charge on any atom is -0.321 e. The smallest absolute Gasteiger partial charge is 0.259 e. The number of nitrogens with zero attached hydrogens (tertiary/aromatic N) is 7. The van der Waals surface area contributed by atoms with Crippen molar-refractivity contribution in [2.75, 3.05) is 18.0 Å². The molecule has 0 spiro atoms. The van der Waals surface area contributed by atoms with Crippen LogP contribution in [0.1, 0.15) is 90.1 Å². The van der Waals surface area contributed by atoms with E-state index in [0.29, 0.717) is 18.4 Å². The highest BCUT2D eigenvalue weighted by Crippen LogP contribution is 2.50. The van der Waals surface area contributed by atoms with E-state index in [2.05, 4.69) is 52.4 Å². The Kier molecular flexibility index (Phi) is 6.23. The third-order valence-electron chi connectivity index (χ3n) is 9.62. The number of nitriles is 1. The molecule has 4 heterocycles. The maximum absolute atomic E-state index is 14.0. The SMILES string of the molecule is C[C@@H]1CCCN(Cc2cc3c(c(C4CC4)n2)CN(c2cccc(C4(Cc5nncn5C)CC(C#N)C4)c2)C3=O)C1. The van der Waals surface area contributed by atoms with Crippen LogP contribution >= 0.6 is 0 Å². The summed E-state index contributed by atoms with van der Waals surface area (Å²) in [5.41, 5.74) is 6.07. The van der Waals surface area contributed by atoms with E-state index in [-0.39, 0.29) is 17.2 Å². The van der Waals surface area contributed by atoms with Crippen LogP contribution in [0.5, 0.6) is 0 Å². The van der Waals surface area contributed by atoms with Crippen molar-refractivity contribution in [3.8, 4) is 6.07 Å². The summed E-state index contributed by atoms with van der Waals surface area (Å²) in [7, 11) is 1.96. The number of likely N-dealkylation sites (tertiary alicyclic amines) is 1. The molecule has 1 saturated heterocycles. The molecule has 2 aromatic heterocycles. The van der Waals surface area contributed by atoms with Crippen LogP contribution < -0.4 is 4.90 Å². The lowest BCUT2D eigenvalue weighted by Gasteiger charge is -2.45. The lowest BCUT2D eigenvalue weighted by atomic mass is 9.57. The quantitative estimate of drug-likeness (QED) is 0.428. The molecular formula is C32H37N7O. The number of hydrogen-bond donors (Lipinski definition) is 0. The van der Waals surface area contributed by atoms with Gasteiger partial charge in [0, 0.05) is 66.3 Å². The summed E-state index contributed by atoms with van der Waals surface area (Å²) in [6, 6.07) is 13.0. The molecule has 4 aliphatic rings. The van der Waals surface area contributed by atoms with Gasteiger partial charge in [-0.05, 0) is 74.8 Å². The van der Waals surface area contributed by atoms with Gasteiger partial charge in [-0.1, -0.05) is 19.1 Å². The Morgan fingerprint density at radius 2 is 2.02 bits per heavy atom. The number of piperidine rings is 1. The fourth-order valence-electron chi connectivity index (χ4n) is 7.25. The number of amides is 1. The van der Waals surface area contributed by atoms with E-state index in [9.17, 15) is 10.1 Å². The summed E-state index contributed by atoms with van der Waals surface area (Å²) >= 11 is 0. The number of aromatic nitrogens is 4. The van der Waals surface area contributed by atoms with Crippen molar-refractivity contribution in [1.29, 1.82) is 5.26 Å². The Morgan fingerprint density at radius 3 is 2.75 bits per heavy atom. The Bertz CT molecular complexity index is 1490. The number of benzene rings is 1. The number of fused-ring (bicyclic) bond motifs is 1. The molecule has 0 N–H and O–H groups in total. The van der Waals surface area contributed by atoms with E-state index in [1.807, 2.05) is 22.6 Å². The fourth-order valence-corrected chi connectivity index (χ4v) is 7.25. The zero-order valence-corrected chi connectivity index (χ0v) is 23.5. The van der Waals surface area contributed by atoms with Crippen molar-refractivity contribution in [2.24, 2.45) is 18.9 Å². The maximum atomic E-state index is 14.0. The Balaban J connectivity index is 1.18. The molecule has 1 atom stereocenters. The van der Waals surface area contributed by atoms with Crippen LogP contribution in [0, 0.1) is 23.2 Å². The summed E-state index contributed by atoms with van der Waals surface area (Å²) < 4.78 is 1.96. The topological polar surface area (TPSA) is 90.9 Å². The first-order valence-electron chi connectivity index (χ1n) is 14.8. The van der Waals surface area contributed by atoms with E-state index in [0.717, 1.165) is 85.8 Å². The zero-order chi connectivity index (χ0) is 27.4. The Labute approximate surface area is 236 Å². The molecular weight excluding hydrogens is 498 g/mol. The molecule has 206 valence electrons. The largest absolute Gasteiger partial charge is 0.321 e. The lowest BCUT2D eigenvalue weighted by Crippen LogP contribution is -2.43. The molecule has 2 saturated carbocycles. The molecule has 7 rings (SSSR count). The van der Waals surface area contributed by atoms with Crippen molar-refractivity contribution in [3.05, 3.63) is 70.6 Å². The van der Waals surface area contributed by atoms with Gasteiger partial charge < -0.3 is 9.47 Å². The van der Waals surface area contributed by atoms with Crippen LogP contribution in [0.4, 0.5) is 5.69 Å². The predicted octanol–water partition coefficient (Wildman–Crippen LogP) is 4.89. The number of aryl methyl sites for hydroxylation is 1. The molecule has 0 unspecified atom stereocenters. The molecule has 2 aliphatic carbocycles. The van der Waals surface area contributed by atoms with Crippen molar-refractivity contribution in [3.63, 3.8) is 0 Å². The third kappa shape index (κ3) is 4.50. The van der Waals surface area contributed by atoms with Crippen LogP contribution in [-0.2, 0) is 32.0 Å². The monoisotopic (exact) mass is 535 g/mol. The summed E-state index contributed by atoms with van der Waals surface area (Å²) in [5, 5.41) is 18.0. The summed E-state index contributed by atoms with van der Waals surface area (Å²) in [6.07, 6.45) is 8.91. The highest BCUT2D eigenvalue weighted by molar-refractivity contribution is 6.10. The van der Waals surface area contributed by atoms with Crippen molar-refractivity contribution < 1.29 is 4.79 Å². The van der Waals surface area contributed by atoms with Crippen LogP contribution in [0.2, 0.25) is 0 Å².